The number of fused-ring (bicyclic) bond motifs is 1. The van der Waals surface area contributed by atoms with Gasteiger partial charge in [-0.05, 0) is 48.9 Å². The zero-order chi connectivity index (χ0) is 15.1. The van der Waals surface area contributed by atoms with Gasteiger partial charge in [-0.2, -0.15) is 0 Å². The maximum Gasteiger partial charge on any atom is 0.126 e. The lowest BCUT2D eigenvalue weighted by atomic mass is 10.1. The van der Waals surface area contributed by atoms with Crippen LogP contribution < -0.4 is 5.32 Å². The minimum atomic E-state index is 0.167. The van der Waals surface area contributed by atoms with Crippen LogP contribution >= 0.6 is 0 Å². The van der Waals surface area contributed by atoms with Gasteiger partial charge in [-0.3, -0.25) is 0 Å². The standard InChI is InChI=1S/C16H13N.C3H6O/c1-2-8-15(9-3-1)17-16-11-10-13-6-4-5-7-14(13)12-16;1-3(2)4/h1-12,17H;1-2H3. The summed E-state index contributed by atoms with van der Waals surface area (Å²) in [7, 11) is 0. The Hall–Kier alpha value is -2.61. The molecule has 0 aliphatic heterocycles. The summed E-state index contributed by atoms with van der Waals surface area (Å²) in [5.74, 6) is 0.167. The van der Waals surface area contributed by atoms with E-state index in [9.17, 15) is 4.79 Å². The third-order valence-corrected chi connectivity index (χ3v) is 2.81. The van der Waals surface area contributed by atoms with Gasteiger partial charge in [0.1, 0.15) is 5.78 Å². The largest absolute Gasteiger partial charge is 0.356 e. The van der Waals surface area contributed by atoms with Crippen LogP contribution in [0.15, 0.2) is 72.8 Å². The number of Topliss-reactive ketones (excluding diaryl/α,β-unsaturated/α-hetero) is 1. The lowest BCUT2D eigenvalue weighted by Gasteiger charge is -2.07. The summed E-state index contributed by atoms with van der Waals surface area (Å²) in [6.07, 6.45) is 0. The number of nitrogens with one attached hydrogen (secondary N) is 1. The fourth-order valence-electron chi connectivity index (χ4n) is 1.96. The molecular formula is C19H19NO. The highest BCUT2D eigenvalue weighted by Gasteiger charge is 1.96. The first-order valence-corrected chi connectivity index (χ1v) is 6.93. The second kappa shape index (κ2) is 7.25. The summed E-state index contributed by atoms with van der Waals surface area (Å²) < 4.78 is 0. The second-order valence-electron chi connectivity index (χ2n) is 4.96. The molecule has 3 aromatic rings. The molecular weight excluding hydrogens is 258 g/mol. The molecule has 0 aliphatic rings. The first-order chi connectivity index (χ1) is 10.1. The van der Waals surface area contributed by atoms with E-state index in [2.05, 4.69) is 59.9 Å². The SMILES string of the molecule is CC(C)=O.c1ccc(Nc2ccc3ccccc3c2)cc1. The van der Waals surface area contributed by atoms with Crippen molar-refractivity contribution in [2.75, 3.05) is 5.32 Å². The molecule has 3 rings (SSSR count). The van der Waals surface area contributed by atoms with Crippen LogP contribution in [0.4, 0.5) is 11.4 Å². The predicted molar refractivity (Wildman–Crippen MR) is 90.0 cm³/mol. The summed E-state index contributed by atoms with van der Waals surface area (Å²) in [6, 6.07) is 25.0. The van der Waals surface area contributed by atoms with Crippen LogP contribution in [0.2, 0.25) is 0 Å². The van der Waals surface area contributed by atoms with Crippen LogP contribution in [0.5, 0.6) is 0 Å². The Balaban J connectivity index is 0.000000361. The minimum Gasteiger partial charge on any atom is -0.356 e. The van der Waals surface area contributed by atoms with Gasteiger partial charge < -0.3 is 10.1 Å². The van der Waals surface area contributed by atoms with E-state index >= 15 is 0 Å². The van der Waals surface area contributed by atoms with Crippen molar-refractivity contribution in [3.63, 3.8) is 0 Å². The van der Waals surface area contributed by atoms with Crippen LogP contribution in [0.3, 0.4) is 0 Å². The molecule has 0 amide bonds. The molecule has 1 N–H and O–H groups in total. The van der Waals surface area contributed by atoms with Crippen molar-refractivity contribution in [1.29, 1.82) is 0 Å². The van der Waals surface area contributed by atoms with E-state index in [1.165, 1.54) is 24.6 Å². The molecule has 0 spiro atoms. The van der Waals surface area contributed by atoms with E-state index in [4.69, 9.17) is 0 Å². The van der Waals surface area contributed by atoms with E-state index in [1.807, 2.05) is 18.2 Å². The van der Waals surface area contributed by atoms with Gasteiger partial charge in [-0.1, -0.05) is 48.5 Å². The molecule has 0 heterocycles. The average molecular weight is 277 g/mol. The van der Waals surface area contributed by atoms with Crippen molar-refractivity contribution in [2.45, 2.75) is 13.8 Å². The zero-order valence-corrected chi connectivity index (χ0v) is 12.3. The molecule has 0 saturated heterocycles. The Labute approximate surface area is 125 Å². The molecule has 2 heteroatoms. The average Bonchev–Trinajstić information content (AvgIpc) is 2.48. The smallest absolute Gasteiger partial charge is 0.126 e. The topological polar surface area (TPSA) is 29.1 Å². The van der Waals surface area contributed by atoms with Gasteiger partial charge in [0.05, 0.1) is 0 Å². The summed E-state index contributed by atoms with van der Waals surface area (Å²) in [6.45, 7) is 3.06. The molecule has 0 unspecified atom stereocenters. The van der Waals surface area contributed by atoms with Gasteiger partial charge >= 0.3 is 0 Å². The highest BCUT2D eigenvalue weighted by atomic mass is 16.1. The van der Waals surface area contributed by atoms with E-state index in [0.717, 1.165) is 11.4 Å². The Bertz CT molecular complexity index is 716. The molecule has 3 aromatic carbocycles. The van der Waals surface area contributed by atoms with Gasteiger partial charge in [0, 0.05) is 11.4 Å². The molecule has 2 nitrogen and oxygen atoms in total. The molecule has 0 atom stereocenters. The summed E-state index contributed by atoms with van der Waals surface area (Å²) >= 11 is 0. The van der Waals surface area contributed by atoms with Gasteiger partial charge in [-0.25, -0.2) is 0 Å². The Morgan fingerprint density at radius 2 is 1.29 bits per heavy atom. The number of carbonyl (C=O) groups is 1. The third-order valence-electron chi connectivity index (χ3n) is 2.81. The monoisotopic (exact) mass is 277 g/mol. The summed E-state index contributed by atoms with van der Waals surface area (Å²) in [4.78, 5) is 9.44. The summed E-state index contributed by atoms with van der Waals surface area (Å²) in [5.41, 5.74) is 2.23. The lowest BCUT2D eigenvalue weighted by Crippen LogP contribution is -1.89. The highest BCUT2D eigenvalue weighted by molar-refractivity contribution is 5.86. The number of benzene rings is 3. The number of carbonyl (C=O) groups excluding carboxylic acids is 1. The molecule has 0 aliphatic carbocycles. The maximum absolute atomic E-state index is 9.44. The van der Waals surface area contributed by atoms with Crippen molar-refractivity contribution < 1.29 is 4.79 Å². The van der Waals surface area contributed by atoms with Crippen LogP contribution in [-0.4, -0.2) is 5.78 Å². The van der Waals surface area contributed by atoms with Crippen LogP contribution in [-0.2, 0) is 4.79 Å². The van der Waals surface area contributed by atoms with Crippen LogP contribution in [0.1, 0.15) is 13.8 Å². The first kappa shape index (κ1) is 14.8. The van der Waals surface area contributed by atoms with E-state index in [0.29, 0.717) is 0 Å². The predicted octanol–water partition coefficient (Wildman–Crippen LogP) is 5.18. The highest BCUT2D eigenvalue weighted by Crippen LogP contribution is 2.21. The quantitative estimate of drug-likeness (QED) is 0.699. The Morgan fingerprint density at radius 1 is 0.714 bits per heavy atom. The fourth-order valence-corrected chi connectivity index (χ4v) is 1.96. The van der Waals surface area contributed by atoms with E-state index in [1.54, 1.807) is 0 Å². The number of anilines is 2. The molecule has 0 aromatic heterocycles. The zero-order valence-electron chi connectivity index (χ0n) is 12.3. The number of hydrogen-bond donors (Lipinski definition) is 1. The molecule has 0 radical (unpaired) electrons. The Morgan fingerprint density at radius 3 is 1.95 bits per heavy atom. The number of ketones is 1. The number of hydrogen-bond acceptors (Lipinski definition) is 2. The normalized spacial score (nSPS) is 9.62. The van der Waals surface area contributed by atoms with Crippen molar-refractivity contribution in [1.82, 2.24) is 0 Å². The first-order valence-electron chi connectivity index (χ1n) is 6.93. The van der Waals surface area contributed by atoms with Gasteiger partial charge in [-0.15, -0.1) is 0 Å². The maximum atomic E-state index is 9.44. The van der Waals surface area contributed by atoms with E-state index in [-0.39, 0.29) is 5.78 Å². The molecule has 106 valence electrons. The number of para-hydroxylation sites is 1. The van der Waals surface area contributed by atoms with Crippen molar-refractivity contribution in [2.24, 2.45) is 0 Å². The molecule has 0 saturated carbocycles. The third kappa shape index (κ3) is 4.77. The van der Waals surface area contributed by atoms with Gasteiger partial charge in [0.25, 0.3) is 0 Å². The van der Waals surface area contributed by atoms with Gasteiger partial charge in [0.15, 0.2) is 0 Å². The minimum absolute atomic E-state index is 0.167. The van der Waals surface area contributed by atoms with Crippen molar-refractivity contribution >= 4 is 27.9 Å². The Kier molecular flexibility index (Phi) is 5.10. The molecule has 0 fully saturated rings. The lowest BCUT2D eigenvalue weighted by molar-refractivity contribution is -0.114. The van der Waals surface area contributed by atoms with E-state index < -0.39 is 0 Å². The van der Waals surface area contributed by atoms with Crippen molar-refractivity contribution in [3.8, 4) is 0 Å². The molecule has 21 heavy (non-hydrogen) atoms. The summed E-state index contributed by atoms with van der Waals surface area (Å²) in [5, 5.41) is 5.92. The number of rotatable bonds is 2. The van der Waals surface area contributed by atoms with Crippen LogP contribution in [0.25, 0.3) is 10.8 Å². The molecule has 0 bridgehead atoms. The second-order valence-corrected chi connectivity index (χ2v) is 4.96. The fraction of sp³-hybridized carbons (Fsp3) is 0.105. The van der Waals surface area contributed by atoms with Crippen molar-refractivity contribution in [3.05, 3.63) is 72.8 Å². The van der Waals surface area contributed by atoms with Gasteiger partial charge in [0.2, 0.25) is 0 Å². The van der Waals surface area contributed by atoms with Crippen LogP contribution in [0, 0.1) is 0 Å².